The molecular formula is C35H45N3O6S2. The Balaban J connectivity index is 1.37. The van der Waals surface area contributed by atoms with Gasteiger partial charge in [0.25, 0.3) is 5.91 Å². The molecule has 2 fully saturated rings. The first-order valence-corrected chi connectivity index (χ1v) is 18.4. The predicted molar refractivity (Wildman–Crippen MR) is 182 cm³/mol. The molecular weight excluding hydrogens is 623 g/mol. The van der Waals surface area contributed by atoms with E-state index in [1.165, 1.54) is 33.3 Å². The zero-order chi connectivity index (χ0) is 32.6. The van der Waals surface area contributed by atoms with Gasteiger partial charge in [-0.15, -0.1) is 23.5 Å². The van der Waals surface area contributed by atoms with E-state index in [9.17, 15) is 19.2 Å². The summed E-state index contributed by atoms with van der Waals surface area (Å²) in [6.07, 6.45) is 9.54. The van der Waals surface area contributed by atoms with Crippen LogP contribution >= 0.6 is 23.5 Å². The third-order valence-electron chi connectivity index (χ3n) is 9.12. The summed E-state index contributed by atoms with van der Waals surface area (Å²) in [6, 6.07) is 8.08. The second-order valence-electron chi connectivity index (χ2n) is 12.5. The lowest BCUT2D eigenvalue weighted by Gasteiger charge is -2.26. The molecule has 46 heavy (non-hydrogen) atoms. The van der Waals surface area contributed by atoms with E-state index < -0.39 is 17.9 Å². The Bertz CT molecular complexity index is 1440. The molecule has 5 rings (SSSR count). The van der Waals surface area contributed by atoms with Gasteiger partial charge in [0.05, 0.1) is 35.5 Å². The first kappa shape index (κ1) is 34.2. The molecule has 1 heterocycles. The van der Waals surface area contributed by atoms with Crippen molar-refractivity contribution in [3.05, 3.63) is 63.7 Å². The summed E-state index contributed by atoms with van der Waals surface area (Å²) in [5.74, 6) is 1.41. The zero-order valence-electron chi connectivity index (χ0n) is 26.7. The first-order valence-electron chi connectivity index (χ1n) is 16.3. The van der Waals surface area contributed by atoms with Crippen LogP contribution in [0.2, 0.25) is 0 Å². The van der Waals surface area contributed by atoms with Crippen molar-refractivity contribution in [2.75, 3.05) is 25.2 Å². The van der Waals surface area contributed by atoms with Crippen LogP contribution in [0.4, 0.5) is 0 Å². The van der Waals surface area contributed by atoms with Crippen LogP contribution in [0.1, 0.15) is 112 Å². The molecule has 2 atom stereocenters. The average molecular weight is 668 g/mol. The van der Waals surface area contributed by atoms with Crippen LogP contribution in [0.15, 0.2) is 30.3 Å². The van der Waals surface area contributed by atoms with Gasteiger partial charge in [-0.3, -0.25) is 14.4 Å². The van der Waals surface area contributed by atoms with Gasteiger partial charge < -0.3 is 25.8 Å². The minimum atomic E-state index is -0.835. The number of nitrogens with two attached hydrogens (primary N) is 1. The number of methoxy groups -OCH3 is 1. The number of ether oxygens (including phenoxy) is 2. The zero-order valence-corrected chi connectivity index (χ0v) is 28.4. The van der Waals surface area contributed by atoms with E-state index in [0.717, 1.165) is 65.9 Å². The highest BCUT2D eigenvalue weighted by molar-refractivity contribution is 8.19. The number of carbonyl (C=O) groups is 4. The second kappa shape index (κ2) is 16.1. The second-order valence-corrected chi connectivity index (χ2v) is 15.2. The number of rotatable bonds is 11. The summed E-state index contributed by atoms with van der Waals surface area (Å²) in [4.78, 5) is 51.3. The van der Waals surface area contributed by atoms with Crippen LogP contribution < -0.4 is 21.1 Å². The van der Waals surface area contributed by atoms with E-state index in [1.54, 1.807) is 35.7 Å². The van der Waals surface area contributed by atoms with E-state index in [-0.39, 0.29) is 28.9 Å². The Labute approximate surface area is 279 Å². The molecule has 4 N–H and O–H groups in total. The fourth-order valence-electron chi connectivity index (χ4n) is 6.75. The number of primary amides is 1. The lowest BCUT2D eigenvalue weighted by molar-refractivity contribution is -0.128. The predicted octanol–water partition coefficient (Wildman–Crippen LogP) is 5.64. The Hall–Kier alpha value is -3.18. The Morgan fingerprint density at radius 1 is 0.935 bits per heavy atom. The van der Waals surface area contributed by atoms with Crippen LogP contribution in [-0.4, -0.2) is 55.0 Å². The summed E-state index contributed by atoms with van der Waals surface area (Å²) in [6.45, 7) is 1.96. The van der Waals surface area contributed by atoms with Gasteiger partial charge in [-0.1, -0.05) is 37.8 Å². The number of aryl methyl sites for hydroxylation is 1. The molecule has 248 valence electrons. The molecule has 3 amide bonds. The molecule has 1 saturated heterocycles. The van der Waals surface area contributed by atoms with Gasteiger partial charge in [0.1, 0.15) is 11.8 Å². The molecule has 2 aromatic carbocycles. The Morgan fingerprint density at radius 2 is 1.67 bits per heavy atom. The molecule has 0 unspecified atom stereocenters. The summed E-state index contributed by atoms with van der Waals surface area (Å²) >= 11 is 3.56. The number of hydrogen-bond donors (Lipinski definition) is 3. The number of hydrogen-bond acceptors (Lipinski definition) is 8. The van der Waals surface area contributed by atoms with Crippen molar-refractivity contribution in [2.24, 2.45) is 11.7 Å². The van der Waals surface area contributed by atoms with Crippen LogP contribution in [0, 0.1) is 5.92 Å². The molecule has 0 radical (unpaired) electrons. The molecule has 2 aromatic rings. The molecule has 2 aliphatic carbocycles. The van der Waals surface area contributed by atoms with Crippen molar-refractivity contribution < 1.29 is 28.7 Å². The molecule has 0 spiro atoms. The van der Waals surface area contributed by atoms with Crippen molar-refractivity contribution in [1.29, 1.82) is 0 Å². The minimum absolute atomic E-state index is 0.0978. The van der Waals surface area contributed by atoms with Crippen molar-refractivity contribution in [3.63, 3.8) is 0 Å². The quantitative estimate of drug-likeness (QED) is 0.207. The van der Waals surface area contributed by atoms with Gasteiger partial charge in [-0.2, -0.15) is 0 Å². The summed E-state index contributed by atoms with van der Waals surface area (Å²) in [5, 5.41) is 6.02. The number of thioether (sulfide) groups is 2. The topological polar surface area (TPSA) is 137 Å². The summed E-state index contributed by atoms with van der Waals surface area (Å²) < 4.78 is 11.3. The molecule has 1 aliphatic heterocycles. The van der Waals surface area contributed by atoms with Crippen LogP contribution in [0.5, 0.6) is 5.75 Å². The number of nitrogens with one attached hydrogen (secondary N) is 2. The van der Waals surface area contributed by atoms with Gasteiger partial charge in [0.2, 0.25) is 11.8 Å². The summed E-state index contributed by atoms with van der Waals surface area (Å²) in [5.41, 5.74) is 10.3. The third kappa shape index (κ3) is 8.59. The van der Waals surface area contributed by atoms with E-state index in [2.05, 4.69) is 10.6 Å². The third-order valence-corrected chi connectivity index (χ3v) is 12.2. The molecule has 11 heteroatoms. The minimum Gasteiger partial charge on any atom is -0.492 e. The van der Waals surface area contributed by atoms with E-state index in [4.69, 9.17) is 15.2 Å². The number of benzene rings is 2. The van der Waals surface area contributed by atoms with E-state index >= 15 is 0 Å². The van der Waals surface area contributed by atoms with Gasteiger partial charge in [-0.25, -0.2) is 4.79 Å². The number of carbonyl (C=O) groups excluding carboxylic acids is 4. The highest BCUT2D eigenvalue weighted by atomic mass is 32.2. The molecule has 9 nitrogen and oxygen atoms in total. The normalized spacial score (nSPS) is 19.4. The van der Waals surface area contributed by atoms with Crippen LogP contribution in [-0.2, 0) is 27.2 Å². The first-order chi connectivity index (χ1) is 22.2. The van der Waals surface area contributed by atoms with Gasteiger partial charge in [0.15, 0.2) is 0 Å². The monoisotopic (exact) mass is 667 g/mol. The molecule has 0 aromatic heterocycles. The van der Waals surface area contributed by atoms with Crippen LogP contribution in [0.3, 0.4) is 0 Å². The highest BCUT2D eigenvalue weighted by Gasteiger charge is 2.30. The van der Waals surface area contributed by atoms with Crippen molar-refractivity contribution in [2.45, 2.75) is 87.8 Å². The van der Waals surface area contributed by atoms with Gasteiger partial charge >= 0.3 is 5.97 Å². The van der Waals surface area contributed by atoms with Crippen LogP contribution in [0.25, 0.3) is 0 Å². The molecule has 3 aliphatic rings. The highest BCUT2D eigenvalue weighted by Crippen LogP contribution is 2.46. The fraction of sp³-hybridized carbons (Fsp3) is 0.543. The summed E-state index contributed by atoms with van der Waals surface area (Å²) in [7, 11) is 1.37. The van der Waals surface area contributed by atoms with Gasteiger partial charge in [0, 0.05) is 24.9 Å². The smallest absolute Gasteiger partial charge is 0.338 e. The fourth-order valence-corrected chi connectivity index (χ4v) is 9.66. The number of amides is 3. The van der Waals surface area contributed by atoms with E-state index in [0.29, 0.717) is 35.8 Å². The Kier molecular flexibility index (Phi) is 11.9. The SMILES string of the molecule is COC(=O)c1ccc(C[C@H](NC(C)=O)C(=O)N[C@@H]2CCCCc3cc(OCC4CCCCC4)c(C(N)=O)cc32)cc1C1SCCS1. The van der Waals surface area contributed by atoms with E-state index in [1.807, 2.05) is 18.2 Å². The van der Waals surface area contributed by atoms with Crippen molar-refractivity contribution in [1.82, 2.24) is 10.6 Å². The maximum absolute atomic E-state index is 13.9. The lowest BCUT2D eigenvalue weighted by Crippen LogP contribution is -2.48. The standard InChI is InChI=1S/C35H45N3O6S2/c1-21(39)37-30(17-23-12-13-25(34(42)43-2)27(16-23)35-45-14-15-46-35)33(41)38-29-11-7-6-10-24-18-31(28(32(36)40)19-26(24)29)44-20-22-8-4-3-5-9-22/h12-13,16,18-19,22,29-30,35H,3-11,14-15,17,20H2,1-2H3,(H2,36,40)(H,37,39)(H,38,41)/t29-,30+/m1/s1. The molecule has 0 bridgehead atoms. The van der Waals surface area contributed by atoms with Crippen molar-refractivity contribution >= 4 is 47.2 Å². The van der Waals surface area contributed by atoms with Gasteiger partial charge in [-0.05, 0) is 78.5 Å². The largest absolute Gasteiger partial charge is 0.492 e. The number of fused-ring (bicyclic) bond motifs is 1. The van der Waals surface area contributed by atoms with Crippen molar-refractivity contribution in [3.8, 4) is 5.75 Å². The molecule has 1 saturated carbocycles. The lowest BCUT2D eigenvalue weighted by atomic mass is 9.90. The Morgan fingerprint density at radius 3 is 2.37 bits per heavy atom. The average Bonchev–Trinajstić information content (AvgIpc) is 3.52. The maximum atomic E-state index is 13.9. The number of esters is 1. The maximum Gasteiger partial charge on any atom is 0.338 e.